The topological polar surface area (TPSA) is 221 Å². The number of aliphatic hydroxyl groups is 4. The van der Waals surface area contributed by atoms with Crippen molar-refractivity contribution in [2.75, 3.05) is 44.4 Å². The smallest absolute Gasteiger partial charge is 0.348 e. The molecule has 15 nitrogen and oxygen atoms in total. The minimum absolute atomic E-state index is 0.0253. The predicted molar refractivity (Wildman–Crippen MR) is 147 cm³/mol. The van der Waals surface area contributed by atoms with E-state index >= 15 is 0 Å². The Morgan fingerprint density at radius 3 is 2.29 bits per heavy atom. The van der Waals surface area contributed by atoms with E-state index in [0.29, 0.717) is 5.56 Å². The molecule has 226 valence electrons. The Morgan fingerprint density at radius 2 is 1.74 bits per heavy atom. The summed E-state index contributed by atoms with van der Waals surface area (Å²) in [6.45, 7) is -1.92. The minimum Gasteiger partial charge on any atom is -0.479 e. The van der Waals surface area contributed by atoms with E-state index < -0.39 is 55.6 Å². The van der Waals surface area contributed by atoms with Gasteiger partial charge in [0.15, 0.2) is 29.3 Å². The van der Waals surface area contributed by atoms with Gasteiger partial charge in [-0.1, -0.05) is 36.3 Å². The molecule has 0 aliphatic rings. The van der Waals surface area contributed by atoms with Crippen LogP contribution in [0.1, 0.15) is 11.8 Å². The molecule has 0 aliphatic carbocycles. The Hall–Kier alpha value is -3.88. The number of carboxylic acid groups (broad SMARTS) is 2. The van der Waals surface area contributed by atoms with Crippen LogP contribution in [-0.2, 0) is 25.5 Å². The van der Waals surface area contributed by atoms with Gasteiger partial charge in [0.25, 0.3) is 5.60 Å². The number of halogens is 1. The van der Waals surface area contributed by atoms with Gasteiger partial charge in [-0.25, -0.2) is 14.6 Å². The molecule has 42 heavy (non-hydrogen) atoms. The van der Waals surface area contributed by atoms with Crippen molar-refractivity contribution in [3.8, 4) is 12.3 Å². The highest BCUT2D eigenvalue weighted by Crippen LogP contribution is 2.29. The molecule has 0 aliphatic heterocycles. The van der Waals surface area contributed by atoms with E-state index in [1.54, 1.807) is 18.2 Å². The van der Waals surface area contributed by atoms with Crippen LogP contribution in [0.15, 0.2) is 36.7 Å². The molecule has 16 heteroatoms. The molecule has 0 spiro atoms. The molecule has 3 aromatic rings. The number of hydrogen-bond donors (Lipinski definition) is 6. The number of ether oxygens (including phenoxy) is 2. The maximum absolute atomic E-state index is 12.1. The number of carbonyl (C=O) groups is 2. The number of fused-ring (bicyclic) bond motifs is 1. The fourth-order valence-corrected chi connectivity index (χ4v) is 4.25. The van der Waals surface area contributed by atoms with Gasteiger partial charge in [-0.15, -0.1) is 6.42 Å². The third kappa shape index (κ3) is 7.30. The van der Waals surface area contributed by atoms with Crippen molar-refractivity contribution >= 4 is 40.5 Å². The lowest BCUT2D eigenvalue weighted by molar-refractivity contribution is -0.195. The number of benzene rings is 1. The van der Waals surface area contributed by atoms with Crippen LogP contribution >= 0.6 is 11.6 Å². The molecular formula is C26H30ClN5O10. The Morgan fingerprint density at radius 1 is 1.10 bits per heavy atom. The minimum atomic E-state index is -2.72. The lowest BCUT2D eigenvalue weighted by Crippen LogP contribution is -2.52. The van der Waals surface area contributed by atoms with E-state index in [1.165, 1.54) is 27.9 Å². The first kappa shape index (κ1) is 32.6. The number of anilines is 1. The quantitative estimate of drug-likeness (QED) is 0.0635. The molecule has 3 atom stereocenters. The summed E-state index contributed by atoms with van der Waals surface area (Å²) in [4.78, 5) is 38.3. The van der Waals surface area contributed by atoms with Gasteiger partial charge in [-0.05, 0) is 17.2 Å². The molecule has 1 aromatic carbocycles. The first-order chi connectivity index (χ1) is 20.1. The fourth-order valence-electron chi connectivity index (χ4n) is 4.09. The van der Waals surface area contributed by atoms with E-state index in [4.69, 9.17) is 27.5 Å². The first-order valence-corrected chi connectivity index (χ1v) is 12.9. The zero-order valence-electron chi connectivity index (χ0n) is 22.2. The molecule has 0 saturated heterocycles. The van der Waals surface area contributed by atoms with Crippen molar-refractivity contribution < 1.29 is 49.7 Å². The molecular weight excluding hydrogens is 578 g/mol. The second-order valence-electron chi connectivity index (χ2n) is 8.93. The highest BCUT2D eigenvalue weighted by Gasteiger charge is 2.49. The number of aliphatic hydroxyl groups excluding tert-OH is 4. The number of nitrogens with zero attached hydrogens (tertiary/aromatic N) is 5. The maximum Gasteiger partial charge on any atom is 0.348 e. The van der Waals surface area contributed by atoms with Crippen LogP contribution in [0.5, 0.6) is 0 Å². The molecule has 0 bridgehead atoms. The van der Waals surface area contributed by atoms with E-state index in [2.05, 4.69) is 20.9 Å². The second kappa shape index (κ2) is 14.8. The van der Waals surface area contributed by atoms with Crippen LogP contribution in [0.4, 0.5) is 5.82 Å². The summed E-state index contributed by atoms with van der Waals surface area (Å²) < 4.78 is 12.4. The summed E-state index contributed by atoms with van der Waals surface area (Å²) in [7, 11) is 0. The average Bonchev–Trinajstić information content (AvgIpc) is 3.39. The molecule has 0 unspecified atom stereocenters. The predicted octanol–water partition coefficient (Wildman–Crippen LogP) is -0.692. The fraction of sp³-hybridized carbons (Fsp3) is 0.423. The van der Waals surface area contributed by atoms with Crippen LogP contribution in [-0.4, -0.2) is 119 Å². The molecule has 0 radical (unpaired) electrons. The van der Waals surface area contributed by atoms with Gasteiger partial charge in [0.2, 0.25) is 5.28 Å². The zero-order chi connectivity index (χ0) is 30.9. The second-order valence-corrected chi connectivity index (χ2v) is 9.27. The molecule has 2 aromatic heterocycles. The number of carboxylic acids is 2. The van der Waals surface area contributed by atoms with Crippen molar-refractivity contribution in [3.63, 3.8) is 0 Å². The molecule has 0 fully saturated rings. The van der Waals surface area contributed by atoms with Crippen LogP contribution < -0.4 is 4.90 Å². The summed E-state index contributed by atoms with van der Waals surface area (Å²) in [6.07, 6.45) is 1.56. The van der Waals surface area contributed by atoms with Gasteiger partial charge < -0.3 is 45.0 Å². The molecule has 2 heterocycles. The molecule has 0 amide bonds. The molecule has 3 rings (SSSR count). The summed E-state index contributed by atoms with van der Waals surface area (Å²) in [6, 6.07) is 7.98. The number of terminal acetylenes is 1. The van der Waals surface area contributed by atoms with Crippen molar-refractivity contribution in [1.29, 1.82) is 0 Å². The third-order valence-electron chi connectivity index (χ3n) is 6.17. The third-order valence-corrected chi connectivity index (χ3v) is 6.34. The number of aromatic nitrogens is 4. The van der Waals surface area contributed by atoms with Gasteiger partial charge in [-0.3, -0.25) is 4.57 Å². The van der Waals surface area contributed by atoms with Crippen molar-refractivity contribution in [2.24, 2.45) is 0 Å². The number of aliphatic carboxylic acids is 2. The standard InChI is InChI=1S/C26H30ClN5O10/c1-2-18(36)22(32-15-28-19-20(29-25(27)30-21(19)32)31(8-10-33)9-11-34)42-17(13-35)14-41-26(23(37)38,24(39)40)12-16-6-4-3-5-7-16/h1,3-7,15,17-18,22,33-36H,8-14H2,(H,37,38)(H,39,40)/t17-,18+,22+/m0/s1. The number of hydrogen-bond acceptors (Lipinski definition) is 12. The van der Waals surface area contributed by atoms with Crippen molar-refractivity contribution in [1.82, 2.24) is 19.5 Å². The van der Waals surface area contributed by atoms with Gasteiger partial charge in [0.1, 0.15) is 6.10 Å². The molecule has 0 saturated carbocycles. The average molecular weight is 608 g/mol. The number of rotatable bonds is 17. The van der Waals surface area contributed by atoms with Crippen LogP contribution in [0, 0.1) is 12.3 Å². The van der Waals surface area contributed by atoms with E-state index in [0.717, 1.165) is 0 Å². The van der Waals surface area contributed by atoms with Gasteiger partial charge in [0.05, 0.1) is 32.8 Å². The maximum atomic E-state index is 12.1. The summed E-state index contributed by atoms with van der Waals surface area (Å²) >= 11 is 6.14. The SMILES string of the molecule is C#C[C@@H](O)[C@@H](O[C@@H](CO)COC(Cc1ccccc1)(C(=O)O)C(=O)O)n1cnc2c(N(CCO)CCO)nc(Cl)nc21. The Kier molecular flexibility index (Phi) is 11.5. The van der Waals surface area contributed by atoms with E-state index in [1.807, 2.05) is 0 Å². The van der Waals surface area contributed by atoms with E-state index in [9.17, 15) is 40.2 Å². The lowest BCUT2D eigenvalue weighted by atomic mass is 9.94. The van der Waals surface area contributed by atoms with Crippen molar-refractivity contribution in [2.45, 2.75) is 30.5 Å². The Bertz CT molecular complexity index is 1380. The highest BCUT2D eigenvalue weighted by molar-refractivity contribution is 6.28. The van der Waals surface area contributed by atoms with Gasteiger partial charge >= 0.3 is 11.9 Å². The van der Waals surface area contributed by atoms with Crippen LogP contribution in [0.2, 0.25) is 5.28 Å². The van der Waals surface area contributed by atoms with Crippen LogP contribution in [0.25, 0.3) is 11.2 Å². The zero-order valence-corrected chi connectivity index (χ0v) is 22.9. The Labute approximate surface area is 244 Å². The van der Waals surface area contributed by atoms with Gasteiger partial charge in [-0.2, -0.15) is 9.97 Å². The highest BCUT2D eigenvalue weighted by atomic mass is 35.5. The number of imidazole rings is 1. The van der Waals surface area contributed by atoms with Crippen molar-refractivity contribution in [3.05, 3.63) is 47.5 Å². The summed E-state index contributed by atoms with van der Waals surface area (Å²) in [5, 5.41) is 59.0. The first-order valence-electron chi connectivity index (χ1n) is 12.5. The summed E-state index contributed by atoms with van der Waals surface area (Å²) in [5.41, 5.74) is -2.18. The van der Waals surface area contributed by atoms with Gasteiger partial charge in [0, 0.05) is 19.5 Å². The monoisotopic (exact) mass is 607 g/mol. The Balaban J connectivity index is 1.95. The lowest BCUT2D eigenvalue weighted by Gasteiger charge is -2.30. The van der Waals surface area contributed by atoms with E-state index in [-0.39, 0.29) is 48.6 Å². The normalized spacial score (nSPS) is 13.8. The largest absolute Gasteiger partial charge is 0.479 e. The molecule has 6 N–H and O–H groups in total. The van der Waals surface area contributed by atoms with Crippen LogP contribution in [0.3, 0.4) is 0 Å². The summed E-state index contributed by atoms with van der Waals surface area (Å²) in [5.74, 6) is -1.28.